The number of aromatic nitrogens is 1. The predicted octanol–water partition coefficient (Wildman–Crippen LogP) is 4.08. The maximum Gasteiger partial charge on any atom is 0.0845 e. The number of aryl methyl sites for hydroxylation is 1. The Bertz CT molecular complexity index is 893. The highest BCUT2D eigenvalue weighted by Gasteiger charge is 2.15. The maximum absolute atomic E-state index is 6.05. The number of nitrogens with zero attached hydrogens (tertiary/aromatic N) is 2. The van der Waals surface area contributed by atoms with Crippen LogP contribution in [0.15, 0.2) is 23.2 Å². The van der Waals surface area contributed by atoms with E-state index in [0.29, 0.717) is 0 Å². The van der Waals surface area contributed by atoms with Crippen molar-refractivity contribution in [2.75, 3.05) is 12.3 Å². The first-order valence-corrected chi connectivity index (χ1v) is 8.50. The van der Waals surface area contributed by atoms with E-state index in [0.717, 1.165) is 45.5 Å². The molecule has 0 saturated heterocycles. The zero-order valence-electron chi connectivity index (χ0n) is 13.5. The number of nitrogens with two attached hydrogens (primary N) is 1. The topological polar surface area (TPSA) is 51.3 Å². The van der Waals surface area contributed by atoms with Gasteiger partial charge in [-0.05, 0) is 62.1 Å². The number of benzene rings is 2. The van der Waals surface area contributed by atoms with Crippen LogP contribution in [0.5, 0.6) is 0 Å². The van der Waals surface area contributed by atoms with Gasteiger partial charge in [-0.15, -0.1) is 11.3 Å². The molecule has 0 radical (unpaired) electrons. The average Bonchev–Trinajstić information content (AvgIpc) is 2.48. The summed E-state index contributed by atoms with van der Waals surface area (Å²) in [4.78, 5) is 10.7. The molecule has 3 rings (SSSR count). The molecule has 0 bridgehead atoms. The normalized spacial score (nSPS) is 12.5. The molecule has 0 atom stereocenters. The van der Waals surface area contributed by atoms with Gasteiger partial charge in [0.25, 0.3) is 0 Å². The number of fused-ring (bicyclic) bond motifs is 2. The summed E-state index contributed by atoms with van der Waals surface area (Å²) in [5.74, 6) is 0. The fourth-order valence-electron chi connectivity index (χ4n) is 2.85. The first-order valence-electron chi connectivity index (χ1n) is 7.68. The van der Waals surface area contributed by atoms with Crippen molar-refractivity contribution in [1.29, 1.82) is 0 Å². The standard InChI is InChI=1S/C18H21N3S/c1-5-12-11(4)14(20-6-2)9-17-18(12)21-15-7-10(3)13(19)8-16(15)22-17/h7-9H,5-6,19H2,1-4H3. The molecule has 2 aliphatic rings. The van der Waals surface area contributed by atoms with Crippen molar-refractivity contribution < 1.29 is 0 Å². The lowest BCUT2D eigenvalue weighted by molar-refractivity contribution is 1.02. The Labute approximate surface area is 134 Å². The minimum absolute atomic E-state index is 0.799. The largest absolute Gasteiger partial charge is 0.398 e. The predicted molar refractivity (Wildman–Crippen MR) is 95.6 cm³/mol. The molecule has 3 nitrogen and oxygen atoms in total. The molecule has 1 aliphatic carbocycles. The molecule has 1 aliphatic heterocycles. The highest BCUT2D eigenvalue weighted by molar-refractivity contribution is 7.21. The number of rotatable bonds is 2. The SMILES string of the molecule is CCN=c1cc2sc3cc(N)c(C)cc3nc-2c(CC)c1C. The van der Waals surface area contributed by atoms with Crippen molar-refractivity contribution in [3.63, 3.8) is 0 Å². The van der Waals surface area contributed by atoms with Gasteiger partial charge in [0.15, 0.2) is 0 Å². The molecule has 2 N–H and O–H groups in total. The molecule has 0 aromatic heterocycles. The van der Waals surface area contributed by atoms with Gasteiger partial charge in [0, 0.05) is 12.2 Å². The molecule has 114 valence electrons. The summed E-state index contributed by atoms with van der Waals surface area (Å²) in [6.45, 7) is 9.23. The Morgan fingerprint density at radius 1 is 1.18 bits per heavy atom. The summed E-state index contributed by atoms with van der Waals surface area (Å²) in [7, 11) is 0. The Hall–Kier alpha value is -1.94. The van der Waals surface area contributed by atoms with Gasteiger partial charge >= 0.3 is 0 Å². The lowest BCUT2D eigenvalue weighted by Crippen LogP contribution is -2.13. The molecular formula is C18H21N3S. The smallest absolute Gasteiger partial charge is 0.0845 e. The molecule has 0 spiro atoms. The lowest BCUT2D eigenvalue weighted by Gasteiger charge is -2.14. The third-order valence-electron chi connectivity index (χ3n) is 4.11. The van der Waals surface area contributed by atoms with Gasteiger partial charge in [0.05, 0.1) is 26.1 Å². The molecule has 22 heavy (non-hydrogen) atoms. The molecule has 0 amide bonds. The second-order valence-corrected chi connectivity index (χ2v) is 6.65. The van der Waals surface area contributed by atoms with Crippen LogP contribution in [-0.4, -0.2) is 11.5 Å². The number of anilines is 1. The molecule has 1 heterocycles. The van der Waals surface area contributed by atoms with Crippen LogP contribution in [0.25, 0.3) is 20.8 Å². The van der Waals surface area contributed by atoms with Crippen molar-refractivity contribution in [2.24, 2.45) is 4.99 Å². The summed E-state index contributed by atoms with van der Waals surface area (Å²) >= 11 is 1.75. The van der Waals surface area contributed by atoms with Gasteiger partial charge in [-0.2, -0.15) is 0 Å². The van der Waals surface area contributed by atoms with Crippen LogP contribution >= 0.6 is 11.3 Å². The third kappa shape index (κ3) is 2.37. The van der Waals surface area contributed by atoms with Crippen LogP contribution in [0.2, 0.25) is 0 Å². The van der Waals surface area contributed by atoms with E-state index in [-0.39, 0.29) is 0 Å². The maximum atomic E-state index is 6.05. The molecule has 4 heteroatoms. The van der Waals surface area contributed by atoms with E-state index >= 15 is 0 Å². The molecule has 0 fully saturated rings. The Kier molecular flexibility index (Phi) is 3.87. The van der Waals surface area contributed by atoms with E-state index in [2.05, 4.69) is 37.9 Å². The summed E-state index contributed by atoms with van der Waals surface area (Å²) in [6, 6.07) is 6.28. The van der Waals surface area contributed by atoms with Gasteiger partial charge in [0.2, 0.25) is 0 Å². The van der Waals surface area contributed by atoms with Crippen molar-refractivity contribution in [2.45, 2.75) is 34.1 Å². The fourth-order valence-corrected chi connectivity index (χ4v) is 3.91. The quantitative estimate of drug-likeness (QED) is 0.572. The summed E-state index contributed by atoms with van der Waals surface area (Å²) < 4.78 is 1.13. The number of nitrogen functional groups attached to an aromatic ring is 1. The van der Waals surface area contributed by atoms with E-state index in [4.69, 9.17) is 10.7 Å². The molecule has 0 saturated carbocycles. The Balaban J connectivity index is 2.45. The minimum atomic E-state index is 0.799. The summed E-state index contributed by atoms with van der Waals surface area (Å²) in [5, 5.41) is 1.09. The highest BCUT2D eigenvalue weighted by Crippen LogP contribution is 2.34. The Morgan fingerprint density at radius 2 is 1.95 bits per heavy atom. The van der Waals surface area contributed by atoms with Crippen LogP contribution in [0.1, 0.15) is 30.5 Å². The number of hydrogen-bond acceptors (Lipinski definition) is 4. The van der Waals surface area contributed by atoms with Gasteiger partial charge in [-0.25, -0.2) is 4.98 Å². The Morgan fingerprint density at radius 3 is 2.64 bits per heavy atom. The molecule has 1 aromatic carbocycles. The monoisotopic (exact) mass is 311 g/mol. The minimum Gasteiger partial charge on any atom is -0.398 e. The zero-order chi connectivity index (χ0) is 15.9. The first kappa shape index (κ1) is 15.0. The van der Waals surface area contributed by atoms with E-state index < -0.39 is 0 Å². The highest BCUT2D eigenvalue weighted by atomic mass is 32.1. The lowest BCUT2D eigenvalue weighted by atomic mass is 10.0. The van der Waals surface area contributed by atoms with Crippen LogP contribution in [0.3, 0.4) is 0 Å². The second-order valence-electron chi connectivity index (χ2n) is 5.56. The van der Waals surface area contributed by atoms with Crippen molar-refractivity contribution in [3.8, 4) is 10.6 Å². The van der Waals surface area contributed by atoms with E-state index in [1.165, 1.54) is 16.0 Å². The molecular weight excluding hydrogens is 290 g/mol. The summed E-state index contributed by atoms with van der Waals surface area (Å²) in [6.07, 6.45) is 0.967. The van der Waals surface area contributed by atoms with Crippen LogP contribution in [0, 0.1) is 13.8 Å². The second kappa shape index (κ2) is 5.69. The van der Waals surface area contributed by atoms with Crippen LogP contribution < -0.4 is 11.1 Å². The van der Waals surface area contributed by atoms with Crippen molar-refractivity contribution in [1.82, 2.24) is 4.98 Å². The zero-order valence-corrected chi connectivity index (χ0v) is 14.3. The van der Waals surface area contributed by atoms with Crippen LogP contribution in [-0.2, 0) is 6.42 Å². The summed E-state index contributed by atoms with van der Waals surface area (Å²) in [5.41, 5.74) is 12.6. The fraction of sp³-hybridized carbons (Fsp3) is 0.333. The first-order chi connectivity index (χ1) is 10.5. The van der Waals surface area contributed by atoms with Gasteiger partial charge in [-0.3, -0.25) is 4.99 Å². The van der Waals surface area contributed by atoms with Gasteiger partial charge < -0.3 is 5.73 Å². The number of hydrogen-bond donors (Lipinski definition) is 1. The van der Waals surface area contributed by atoms with E-state index in [9.17, 15) is 0 Å². The van der Waals surface area contributed by atoms with Gasteiger partial charge in [-0.1, -0.05) is 6.92 Å². The molecule has 0 unspecified atom stereocenters. The van der Waals surface area contributed by atoms with Crippen molar-refractivity contribution >= 4 is 27.2 Å². The van der Waals surface area contributed by atoms with E-state index in [1.807, 2.05) is 13.0 Å². The average molecular weight is 311 g/mol. The van der Waals surface area contributed by atoms with Gasteiger partial charge in [0.1, 0.15) is 0 Å². The van der Waals surface area contributed by atoms with E-state index in [1.54, 1.807) is 11.3 Å². The van der Waals surface area contributed by atoms with Crippen molar-refractivity contribution in [3.05, 3.63) is 40.2 Å². The third-order valence-corrected chi connectivity index (χ3v) is 5.18. The van der Waals surface area contributed by atoms with Crippen LogP contribution in [0.4, 0.5) is 5.69 Å². The molecule has 1 aromatic rings.